The van der Waals surface area contributed by atoms with Crippen molar-refractivity contribution in [1.29, 1.82) is 0 Å². The van der Waals surface area contributed by atoms with Gasteiger partial charge < -0.3 is 10.1 Å². The summed E-state index contributed by atoms with van der Waals surface area (Å²) < 4.78 is 4.93. The Morgan fingerprint density at radius 1 is 1.31 bits per heavy atom. The predicted molar refractivity (Wildman–Crippen MR) is 56.6 cm³/mol. The summed E-state index contributed by atoms with van der Waals surface area (Å²) in [5, 5.41) is 2.60. The van der Waals surface area contributed by atoms with E-state index < -0.39 is 5.41 Å². The Morgan fingerprint density at radius 2 is 1.94 bits per heavy atom. The second-order valence-corrected chi connectivity index (χ2v) is 4.16. The maximum absolute atomic E-state index is 11.5. The van der Waals surface area contributed by atoms with Crippen molar-refractivity contribution in [3.05, 3.63) is 0 Å². The lowest BCUT2D eigenvalue weighted by molar-refractivity contribution is -0.149. The summed E-state index contributed by atoms with van der Waals surface area (Å²) in [5.74, 6) is -0.764. The summed E-state index contributed by atoms with van der Waals surface area (Å²) in [6, 6.07) is 0. The van der Waals surface area contributed by atoms with E-state index in [9.17, 15) is 14.4 Å². The van der Waals surface area contributed by atoms with Crippen molar-refractivity contribution in [2.45, 2.75) is 33.1 Å². The zero-order valence-corrected chi connectivity index (χ0v) is 9.67. The van der Waals surface area contributed by atoms with Gasteiger partial charge in [0, 0.05) is 6.54 Å². The molecule has 0 bridgehead atoms. The molecule has 5 nitrogen and oxygen atoms in total. The first-order chi connectivity index (χ1) is 7.50. The minimum Gasteiger partial charge on any atom is -0.466 e. The van der Waals surface area contributed by atoms with Crippen LogP contribution in [0.2, 0.25) is 0 Å². The van der Waals surface area contributed by atoms with Gasteiger partial charge in [0.2, 0.25) is 5.91 Å². The molecule has 0 aliphatic heterocycles. The third kappa shape index (κ3) is 3.32. The van der Waals surface area contributed by atoms with E-state index in [0.717, 1.165) is 12.8 Å². The second-order valence-electron chi connectivity index (χ2n) is 4.16. The van der Waals surface area contributed by atoms with Crippen molar-refractivity contribution in [3.8, 4) is 0 Å². The molecule has 0 radical (unpaired) electrons. The normalized spacial score (nSPS) is 16.4. The summed E-state index contributed by atoms with van der Waals surface area (Å²) in [7, 11) is 0. The number of hydrogen-bond donors (Lipinski definition) is 1. The number of ketones is 1. The van der Waals surface area contributed by atoms with Crippen LogP contribution in [0, 0.1) is 5.41 Å². The molecular weight excluding hydrogens is 210 g/mol. The highest BCUT2D eigenvalue weighted by Crippen LogP contribution is 2.46. The Bertz CT molecular complexity index is 307. The van der Waals surface area contributed by atoms with Gasteiger partial charge in [0.15, 0.2) is 0 Å². The summed E-state index contributed by atoms with van der Waals surface area (Å²) in [6.45, 7) is 3.74. The quantitative estimate of drug-likeness (QED) is 0.527. The van der Waals surface area contributed by atoms with Crippen LogP contribution in [0.25, 0.3) is 0 Å². The van der Waals surface area contributed by atoms with Crippen LogP contribution < -0.4 is 5.32 Å². The number of ether oxygens (including phenoxy) is 1. The molecule has 0 saturated heterocycles. The summed E-state index contributed by atoms with van der Waals surface area (Å²) >= 11 is 0. The fraction of sp³-hybridized carbons (Fsp3) is 0.727. The minimum atomic E-state index is -0.525. The molecule has 5 heteroatoms. The highest BCUT2D eigenvalue weighted by atomic mass is 16.5. The number of hydrogen-bond acceptors (Lipinski definition) is 4. The van der Waals surface area contributed by atoms with E-state index in [1.165, 1.54) is 6.92 Å². The molecule has 0 aromatic carbocycles. The number of esters is 1. The lowest BCUT2D eigenvalue weighted by Gasteiger charge is -2.14. The topological polar surface area (TPSA) is 72.5 Å². The number of Topliss-reactive ketones (excluding diaryl/α,β-unsaturated/α-hetero) is 1. The molecule has 90 valence electrons. The van der Waals surface area contributed by atoms with Crippen LogP contribution in [0.4, 0.5) is 0 Å². The monoisotopic (exact) mass is 227 g/mol. The number of rotatable bonds is 6. The average Bonchev–Trinajstić information content (AvgIpc) is 2.95. The van der Waals surface area contributed by atoms with Crippen LogP contribution in [0.1, 0.15) is 33.1 Å². The van der Waals surface area contributed by atoms with Crippen molar-refractivity contribution >= 4 is 17.7 Å². The van der Waals surface area contributed by atoms with Crippen molar-refractivity contribution in [1.82, 2.24) is 5.32 Å². The molecule has 0 unspecified atom stereocenters. The van der Waals surface area contributed by atoms with E-state index in [0.29, 0.717) is 6.61 Å². The number of nitrogens with one attached hydrogen (secondary N) is 1. The van der Waals surface area contributed by atoms with Gasteiger partial charge in [-0.05, 0) is 26.7 Å². The molecule has 1 aliphatic carbocycles. The fourth-order valence-corrected chi connectivity index (χ4v) is 1.44. The zero-order chi connectivity index (χ0) is 12.2. The average molecular weight is 227 g/mol. The van der Waals surface area contributed by atoms with Gasteiger partial charge in [0.05, 0.1) is 18.4 Å². The third-order valence-corrected chi connectivity index (χ3v) is 2.60. The van der Waals surface area contributed by atoms with E-state index in [2.05, 4.69) is 5.32 Å². The molecule has 0 aromatic heterocycles. The first-order valence-electron chi connectivity index (χ1n) is 5.43. The van der Waals surface area contributed by atoms with E-state index in [-0.39, 0.29) is 30.6 Å². The van der Waals surface area contributed by atoms with Gasteiger partial charge in [0.25, 0.3) is 0 Å². The van der Waals surface area contributed by atoms with Crippen LogP contribution >= 0.6 is 0 Å². The summed E-state index contributed by atoms with van der Waals surface area (Å²) in [5.41, 5.74) is -0.525. The molecule has 0 spiro atoms. The molecule has 16 heavy (non-hydrogen) atoms. The molecule has 1 N–H and O–H groups in total. The molecule has 1 aliphatic rings. The predicted octanol–water partition coefficient (Wildman–Crippen LogP) is 0.425. The molecule has 1 amide bonds. The number of carbonyl (C=O) groups is 3. The van der Waals surface area contributed by atoms with Crippen LogP contribution in [-0.4, -0.2) is 30.8 Å². The van der Waals surface area contributed by atoms with Gasteiger partial charge in [-0.1, -0.05) is 0 Å². The fourth-order valence-electron chi connectivity index (χ4n) is 1.44. The van der Waals surface area contributed by atoms with E-state index in [1.807, 2.05) is 0 Å². The molecule has 0 aromatic rings. The van der Waals surface area contributed by atoms with Gasteiger partial charge in [-0.2, -0.15) is 0 Å². The van der Waals surface area contributed by atoms with E-state index >= 15 is 0 Å². The Labute approximate surface area is 94.5 Å². The Balaban J connectivity index is 2.34. The third-order valence-electron chi connectivity index (χ3n) is 2.60. The lowest BCUT2D eigenvalue weighted by Crippen LogP contribution is -2.35. The minimum absolute atomic E-state index is 0.126. The van der Waals surface area contributed by atoms with Crippen LogP contribution in [-0.2, 0) is 19.1 Å². The molecule has 1 fully saturated rings. The molecule has 1 saturated carbocycles. The van der Waals surface area contributed by atoms with E-state index in [4.69, 9.17) is 4.74 Å². The molecule has 1 rings (SSSR count). The Kier molecular flexibility index (Phi) is 4.04. The van der Waals surface area contributed by atoms with Gasteiger partial charge in [-0.15, -0.1) is 0 Å². The summed E-state index contributed by atoms with van der Waals surface area (Å²) in [4.78, 5) is 33.4. The highest BCUT2D eigenvalue weighted by molar-refractivity contribution is 5.97. The Hall–Kier alpha value is -1.39. The number of carbonyl (C=O) groups excluding carboxylic acids is 3. The van der Waals surface area contributed by atoms with Crippen LogP contribution in [0.5, 0.6) is 0 Å². The maximum atomic E-state index is 11.5. The second kappa shape index (κ2) is 5.09. The first-order valence-corrected chi connectivity index (χ1v) is 5.43. The zero-order valence-electron chi connectivity index (χ0n) is 9.67. The van der Waals surface area contributed by atoms with E-state index in [1.54, 1.807) is 6.92 Å². The highest BCUT2D eigenvalue weighted by Gasteiger charge is 2.51. The molecule has 0 heterocycles. The van der Waals surface area contributed by atoms with Gasteiger partial charge in [0.1, 0.15) is 5.78 Å². The van der Waals surface area contributed by atoms with Crippen LogP contribution in [0.15, 0.2) is 0 Å². The van der Waals surface area contributed by atoms with Crippen molar-refractivity contribution in [3.63, 3.8) is 0 Å². The van der Waals surface area contributed by atoms with Crippen molar-refractivity contribution < 1.29 is 19.1 Å². The molecule has 0 atom stereocenters. The smallest absolute Gasteiger partial charge is 0.313 e. The lowest BCUT2D eigenvalue weighted by atomic mass is 10.1. The largest absolute Gasteiger partial charge is 0.466 e. The van der Waals surface area contributed by atoms with Crippen molar-refractivity contribution in [2.24, 2.45) is 5.41 Å². The number of amides is 1. The maximum Gasteiger partial charge on any atom is 0.313 e. The Morgan fingerprint density at radius 3 is 2.38 bits per heavy atom. The van der Waals surface area contributed by atoms with Gasteiger partial charge in [-0.3, -0.25) is 14.4 Å². The molecular formula is C11H17NO4. The first kappa shape index (κ1) is 12.7. The SMILES string of the molecule is CCOC(=O)C1(CNC(=O)CC(C)=O)CC1. The van der Waals surface area contributed by atoms with Crippen molar-refractivity contribution in [2.75, 3.05) is 13.2 Å². The van der Waals surface area contributed by atoms with Gasteiger partial charge in [-0.25, -0.2) is 0 Å². The van der Waals surface area contributed by atoms with Gasteiger partial charge >= 0.3 is 5.97 Å². The standard InChI is InChI=1S/C11H17NO4/c1-3-16-10(15)11(4-5-11)7-12-9(14)6-8(2)13/h3-7H2,1-2H3,(H,12,14). The summed E-state index contributed by atoms with van der Waals surface area (Å²) in [6.07, 6.45) is 1.36. The van der Waals surface area contributed by atoms with Crippen LogP contribution in [0.3, 0.4) is 0 Å².